The van der Waals surface area contributed by atoms with Crippen molar-refractivity contribution >= 4 is 40.5 Å². The van der Waals surface area contributed by atoms with E-state index in [1.165, 1.54) is 11.1 Å². The smallest absolute Gasteiger partial charge is 0.257 e. The van der Waals surface area contributed by atoms with Crippen molar-refractivity contribution in [1.82, 2.24) is 4.98 Å². The van der Waals surface area contributed by atoms with Gasteiger partial charge in [0.15, 0.2) is 0 Å². The third-order valence-electron chi connectivity index (χ3n) is 4.60. The molecule has 27 heavy (non-hydrogen) atoms. The van der Waals surface area contributed by atoms with E-state index in [9.17, 15) is 4.79 Å². The van der Waals surface area contributed by atoms with Gasteiger partial charge >= 0.3 is 0 Å². The molecule has 0 spiro atoms. The van der Waals surface area contributed by atoms with Crippen molar-refractivity contribution in [2.45, 2.75) is 13.0 Å². The summed E-state index contributed by atoms with van der Waals surface area (Å²) in [6.45, 7) is 1.71. The largest absolute Gasteiger partial charge is 0.366 e. The number of rotatable bonds is 3. The zero-order chi connectivity index (χ0) is 18.8. The second kappa shape index (κ2) is 7.59. The van der Waals surface area contributed by atoms with Crippen LogP contribution in [0.5, 0.6) is 0 Å². The molecule has 2 aromatic carbocycles. The fourth-order valence-corrected chi connectivity index (χ4v) is 3.80. The standard InChI is InChI=1S/C21H17Cl2N3O/c22-17-8-18(23)10-19(9-17)25-21(27)16-7-20(12-24-11-16)26-6-5-14-3-1-2-4-15(14)13-26/h1-4,7-12H,5-6,13H2,(H,25,27). The molecule has 4 rings (SSSR count). The molecule has 2 heterocycles. The third-order valence-corrected chi connectivity index (χ3v) is 5.04. The number of nitrogens with zero attached hydrogens (tertiary/aromatic N) is 2. The Morgan fingerprint density at radius 3 is 2.52 bits per heavy atom. The lowest BCUT2D eigenvalue weighted by molar-refractivity contribution is 0.102. The number of aromatic nitrogens is 1. The molecule has 0 unspecified atom stereocenters. The van der Waals surface area contributed by atoms with Crippen molar-refractivity contribution in [2.24, 2.45) is 0 Å². The molecule has 6 heteroatoms. The van der Waals surface area contributed by atoms with Gasteiger partial charge in [-0.2, -0.15) is 0 Å². The summed E-state index contributed by atoms with van der Waals surface area (Å²) in [4.78, 5) is 19.1. The Hall–Kier alpha value is -2.56. The lowest BCUT2D eigenvalue weighted by Gasteiger charge is -2.30. The van der Waals surface area contributed by atoms with Crippen molar-refractivity contribution in [3.8, 4) is 0 Å². The van der Waals surface area contributed by atoms with Crippen LogP contribution in [0.3, 0.4) is 0 Å². The van der Waals surface area contributed by atoms with E-state index in [-0.39, 0.29) is 5.91 Å². The SMILES string of the molecule is O=C(Nc1cc(Cl)cc(Cl)c1)c1cncc(N2CCc3ccccc3C2)c1. The van der Waals surface area contributed by atoms with Crippen LogP contribution < -0.4 is 10.2 Å². The van der Waals surface area contributed by atoms with E-state index in [2.05, 4.69) is 39.5 Å². The molecule has 1 N–H and O–H groups in total. The summed E-state index contributed by atoms with van der Waals surface area (Å²) < 4.78 is 0. The summed E-state index contributed by atoms with van der Waals surface area (Å²) in [5.74, 6) is -0.250. The van der Waals surface area contributed by atoms with E-state index in [1.54, 1.807) is 30.6 Å². The highest BCUT2D eigenvalue weighted by molar-refractivity contribution is 6.35. The van der Waals surface area contributed by atoms with Crippen LogP contribution in [-0.2, 0) is 13.0 Å². The van der Waals surface area contributed by atoms with Gasteiger partial charge in [-0.1, -0.05) is 47.5 Å². The van der Waals surface area contributed by atoms with Crippen LogP contribution in [0.4, 0.5) is 11.4 Å². The number of benzene rings is 2. The highest BCUT2D eigenvalue weighted by Gasteiger charge is 2.17. The van der Waals surface area contributed by atoms with Gasteiger partial charge in [-0.05, 0) is 41.8 Å². The first-order valence-corrected chi connectivity index (χ1v) is 9.38. The Labute approximate surface area is 167 Å². The van der Waals surface area contributed by atoms with Crippen LogP contribution in [0.1, 0.15) is 21.5 Å². The summed E-state index contributed by atoms with van der Waals surface area (Å²) >= 11 is 12.0. The maximum atomic E-state index is 12.6. The Balaban J connectivity index is 1.53. The van der Waals surface area contributed by atoms with E-state index in [1.807, 2.05) is 6.07 Å². The molecular formula is C21H17Cl2N3O. The lowest BCUT2D eigenvalue weighted by atomic mass is 9.99. The zero-order valence-electron chi connectivity index (χ0n) is 14.5. The topological polar surface area (TPSA) is 45.2 Å². The molecule has 0 radical (unpaired) electrons. The van der Waals surface area contributed by atoms with Crippen LogP contribution in [0, 0.1) is 0 Å². The maximum Gasteiger partial charge on any atom is 0.257 e. The van der Waals surface area contributed by atoms with Gasteiger partial charge in [-0.3, -0.25) is 9.78 Å². The minimum atomic E-state index is -0.250. The molecule has 1 aromatic heterocycles. The molecular weight excluding hydrogens is 381 g/mol. The van der Waals surface area contributed by atoms with Gasteiger partial charge in [0.05, 0.1) is 17.4 Å². The van der Waals surface area contributed by atoms with Crippen molar-refractivity contribution in [3.63, 3.8) is 0 Å². The zero-order valence-corrected chi connectivity index (χ0v) is 16.0. The van der Waals surface area contributed by atoms with Crippen molar-refractivity contribution in [2.75, 3.05) is 16.8 Å². The number of pyridine rings is 1. The minimum Gasteiger partial charge on any atom is -0.366 e. The lowest BCUT2D eigenvalue weighted by Crippen LogP contribution is -2.30. The summed E-state index contributed by atoms with van der Waals surface area (Å²) in [7, 11) is 0. The number of anilines is 2. The van der Waals surface area contributed by atoms with E-state index in [4.69, 9.17) is 23.2 Å². The highest BCUT2D eigenvalue weighted by Crippen LogP contribution is 2.26. The maximum absolute atomic E-state index is 12.6. The molecule has 136 valence electrons. The fraction of sp³-hybridized carbons (Fsp3) is 0.143. The van der Waals surface area contributed by atoms with E-state index in [0.717, 1.165) is 25.2 Å². The quantitative estimate of drug-likeness (QED) is 0.659. The van der Waals surface area contributed by atoms with Crippen LogP contribution in [0.2, 0.25) is 10.0 Å². The number of carbonyl (C=O) groups is 1. The molecule has 3 aromatic rings. The van der Waals surface area contributed by atoms with Crippen LogP contribution >= 0.6 is 23.2 Å². The van der Waals surface area contributed by atoms with Gasteiger partial charge in [0.25, 0.3) is 5.91 Å². The summed E-state index contributed by atoms with van der Waals surface area (Å²) in [5.41, 5.74) is 4.67. The Morgan fingerprint density at radius 1 is 1.00 bits per heavy atom. The molecule has 4 nitrogen and oxygen atoms in total. The van der Waals surface area contributed by atoms with Gasteiger partial charge < -0.3 is 10.2 Å². The Kier molecular flexibility index (Phi) is 5.01. The first-order valence-electron chi connectivity index (χ1n) is 8.63. The normalized spacial score (nSPS) is 13.2. The molecule has 0 saturated carbocycles. The number of nitrogens with one attached hydrogen (secondary N) is 1. The molecule has 0 atom stereocenters. The van der Waals surface area contributed by atoms with Crippen LogP contribution in [-0.4, -0.2) is 17.4 Å². The Bertz CT molecular complexity index is 986. The number of halogens is 2. The monoisotopic (exact) mass is 397 g/mol. The van der Waals surface area contributed by atoms with Crippen LogP contribution in [0.15, 0.2) is 60.9 Å². The molecule has 0 bridgehead atoms. The second-order valence-corrected chi connectivity index (χ2v) is 7.36. The van der Waals surface area contributed by atoms with Gasteiger partial charge in [0.1, 0.15) is 0 Å². The predicted octanol–water partition coefficient (Wildman–Crippen LogP) is 5.20. The summed E-state index contributed by atoms with van der Waals surface area (Å²) in [6.07, 6.45) is 4.33. The molecule has 0 aliphatic carbocycles. The first kappa shape index (κ1) is 17.8. The molecule has 1 aliphatic rings. The molecule has 1 aliphatic heterocycles. The van der Waals surface area contributed by atoms with Gasteiger partial charge in [-0.15, -0.1) is 0 Å². The average Bonchev–Trinajstić information content (AvgIpc) is 2.67. The average molecular weight is 398 g/mol. The second-order valence-electron chi connectivity index (χ2n) is 6.48. The van der Waals surface area contributed by atoms with Crippen molar-refractivity contribution < 1.29 is 4.79 Å². The first-order chi connectivity index (χ1) is 13.1. The van der Waals surface area contributed by atoms with E-state index in [0.29, 0.717) is 21.3 Å². The summed E-state index contributed by atoms with van der Waals surface area (Å²) in [6, 6.07) is 15.2. The molecule has 0 fully saturated rings. The number of hydrogen-bond donors (Lipinski definition) is 1. The predicted molar refractivity (Wildman–Crippen MR) is 110 cm³/mol. The van der Waals surface area contributed by atoms with Crippen LogP contribution in [0.25, 0.3) is 0 Å². The van der Waals surface area contributed by atoms with E-state index >= 15 is 0 Å². The third kappa shape index (κ3) is 4.07. The number of carbonyl (C=O) groups excluding carboxylic acids is 1. The minimum absolute atomic E-state index is 0.250. The van der Waals surface area contributed by atoms with E-state index < -0.39 is 0 Å². The number of amides is 1. The molecule has 0 saturated heterocycles. The fourth-order valence-electron chi connectivity index (χ4n) is 3.27. The number of hydrogen-bond acceptors (Lipinski definition) is 3. The van der Waals surface area contributed by atoms with Crippen molar-refractivity contribution in [3.05, 3.63) is 87.7 Å². The van der Waals surface area contributed by atoms with Gasteiger partial charge in [-0.25, -0.2) is 0 Å². The van der Waals surface area contributed by atoms with Gasteiger partial charge in [0.2, 0.25) is 0 Å². The summed E-state index contributed by atoms with van der Waals surface area (Å²) in [5, 5.41) is 3.76. The highest BCUT2D eigenvalue weighted by atomic mass is 35.5. The van der Waals surface area contributed by atoms with Crippen molar-refractivity contribution in [1.29, 1.82) is 0 Å². The Morgan fingerprint density at radius 2 is 1.74 bits per heavy atom. The van der Waals surface area contributed by atoms with Gasteiger partial charge in [0, 0.05) is 35.0 Å². The molecule has 1 amide bonds. The number of fused-ring (bicyclic) bond motifs is 1.